The number of hydrogen-bond acceptors (Lipinski definition) is 2. The van der Waals surface area contributed by atoms with Crippen molar-refractivity contribution >= 4 is 5.97 Å². The van der Waals surface area contributed by atoms with Gasteiger partial charge in [-0.05, 0) is 38.6 Å². The van der Waals surface area contributed by atoms with Crippen LogP contribution in [0.3, 0.4) is 0 Å². The van der Waals surface area contributed by atoms with Crippen LogP contribution in [0.15, 0.2) is 0 Å². The molecular formula is C12H21NO2. The maximum absolute atomic E-state index is 11.3. The fraction of sp³-hybridized carbons (Fsp3) is 0.917. The van der Waals surface area contributed by atoms with Gasteiger partial charge in [0.2, 0.25) is 0 Å². The first-order valence-electron chi connectivity index (χ1n) is 6.11. The third-order valence-electron chi connectivity index (χ3n) is 4.24. The molecule has 1 unspecified atom stereocenters. The van der Waals surface area contributed by atoms with Crippen molar-refractivity contribution in [2.24, 2.45) is 11.3 Å². The molecule has 0 aromatic heterocycles. The summed E-state index contributed by atoms with van der Waals surface area (Å²) in [6.45, 7) is 0. The Kier molecular flexibility index (Phi) is 3.01. The zero-order valence-electron chi connectivity index (χ0n) is 9.46. The molecule has 2 rings (SSSR count). The van der Waals surface area contributed by atoms with E-state index < -0.39 is 11.4 Å². The van der Waals surface area contributed by atoms with Crippen molar-refractivity contribution in [2.45, 2.75) is 51.0 Å². The number of carboxylic acids is 1. The fourth-order valence-corrected chi connectivity index (χ4v) is 3.22. The zero-order chi connectivity index (χ0) is 10.9. The minimum atomic E-state index is -0.590. The molecule has 2 aliphatic rings. The van der Waals surface area contributed by atoms with E-state index in [1.54, 1.807) is 0 Å². The minimum absolute atomic E-state index is 0.204. The van der Waals surface area contributed by atoms with E-state index in [2.05, 4.69) is 5.32 Å². The maximum Gasteiger partial charge on any atom is 0.311 e. The van der Waals surface area contributed by atoms with Gasteiger partial charge in [0.1, 0.15) is 0 Å². The summed E-state index contributed by atoms with van der Waals surface area (Å²) in [5.74, 6) is -0.00484. The lowest BCUT2D eigenvalue weighted by molar-refractivity contribution is -0.145. The summed E-state index contributed by atoms with van der Waals surface area (Å²) in [7, 11) is 1.92. The van der Waals surface area contributed by atoms with Crippen molar-refractivity contribution in [3.63, 3.8) is 0 Å². The van der Waals surface area contributed by atoms with Gasteiger partial charge < -0.3 is 10.4 Å². The van der Waals surface area contributed by atoms with Gasteiger partial charge in [0.15, 0.2) is 0 Å². The Morgan fingerprint density at radius 3 is 2.33 bits per heavy atom. The molecule has 0 saturated heterocycles. The second-order valence-corrected chi connectivity index (χ2v) is 5.13. The summed E-state index contributed by atoms with van der Waals surface area (Å²) in [5, 5.41) is 12.6. The van der Waals surface area contributed by atoms with Crippen molar-refractivity contribution in [2.75, 3.05) is 7.05 Å². The van der Waals surface area contributed by atoms with Crippen LogP contribution < -0.4 is 5.32 Å². The summed E-state index contributed by atoms with van der Waals surface area (Å²) in [6.07, 6.45) is 8.03. The summed E-state index contributed by atoms with van der Waals surface area (Å²) in [6, 6.07) is 0.204. The largest absolute Gasteiger partial charge is 0.481 e. The standard InChI is InChI=1S/C12H21NO2/c1-13-10(9-5-3-2-4-6-9)12(7-8-12)11(14)15/h9-10,13H,2-8H2,1H3,(H,14,15). The highest BCUT2D eigenvalue weighted by Crippen LogP contribution is 2.52. The van der Waals surface area contributed by atoms with E-state index in [0.717, 1.165) is 12.8 Å². The van der Waals surface area contributed by atoms with E-state index >= 15 is 0 Å². The van der Waals surface area contributed by atoms with Crippen LogP contribution in [0, 0.1) is 11.3 Å². The Balaban J connectivity index is 2.06. The van der Waals surface area contributed by atoms with Gasteiger partial charge in [-0.1, -0.05) is 19.3 Å². The fourth-order valence-electron chi connectivity index (χ4n) is 3.22. The Morgan fingerprint density at radius 1 is 1.33 bits per heavy atom. The molecule has 86 valence electrons. The number of rotatable bonds is 4. The molecule has 1 atom stereocenters. The number of carbonyl (C=O) groups is 1. The SMILES string of the molecule is CNC(C1CCCCC1)C1(C(=O)O)CC1. The van der Waals surface area contributed by atoms with E-state index in [0.29, 0.717) is 5.92 Å². The zero-order valence-corrected chi connectivity index (χ0v) is 9.46. The maximum atomic E-state index is 11.3. The quantitative estimate of drug-likeness (QED) is 0.748. The molecule has 0 aliphatic heterocycles. The highest BCUT2D eigenvalue weighted by Gasteiger charge is 2.57. The van der Waals surface area contributed by atoms with Gasteiger partial charge in [-0.15, -0.1) is 0 Å². The molecule has 2 fully saturated rings. The molecule has 0 radical (unpaired) electrons. The van der Waals surface area contributed by atoms with Gasteiger partial charge in [-0.2, -0.15) is 0 Å². The van der Waals surface area contributed by atoms with Gasteiger partial charge in [0, 0.05) is 6.04 Å². The van der Waals surface area contributed by atoms with Crippen molar-refractivity contribution < 1.29 is 9.90 Å². The monoisotopic (exact) mass is 211 g/mol. The number of hydrogen-bond donors (Lipinski definition) is 2. The Morgan fingerprint density at radius 2 is 1.93 bits per heavy atom. The number of carboxylic acid groups (broad SMARTS) is 1. The van der Waals surface area contributed by atoms with E-state index in [-0.39, 0.29) is 6.04 Å². The normalized spacial score (nSPS) is 27.3. The third-order valence-corrected chi connectivity index (χ3v) is 4.24. The van der Waals surface area contributed by atoms with Crippen molar-refractivity contribution in [1.29, 1.82) is 0 Å². The van der Waals surface area contributed by atoms with Crippen molar-refractivity contribution in [1.82, 2.24) is 5.32 Å². The van der Waals surface area contributed by atoms with Crippen LogP contribution in [0.2, 0.25) is 0 Å². The van der Waals surface area contributed by atoms with Gasteiger partial charge in [-0.3, -0.25) is 4.79 Å². The van der Waals surface area contributed by atoms with Crippen LogP contribution in [0.5, 0.6) is 0 Å². The Bertz CT molecular complexity index is 242. The molecule has 0 bridgehead atoms. The predicted molar refractivity (Wildman–Crippen MR) is 58.7 cm³/mol. The molecule has 2 aliphatic carbocycles. The van der Waals surface area contributed by atoms with Crippen LogP contribution in [0.1, 0.15) is 44.9 Å². The summed E-state index contributed by atoms with van der Waals surface area (Å²) in [4.78, 5) is 11.3. The van der Waals surface area contributed by atoms with E-state index in [1.165, 1.54) is 32.1 Å². The second kappa shape index (κ2) is 4.12. The first-order valence-corrected chi connectivity index (χ1v) is 6.11. The van der Waals surface area contributed by atoms with E-state index in [9.17, 15) is 9.90 Å². The lowest BCUT2D eigenvalue weighted by atomic mass is 9.77. The summed E-state index contributed by atoms with van der Waals surface area (Å²) in [5.41, 5.74) is -0.420. The third kappa shape index (κ3) is 1.89. The molecule has 0 amide bonds. The molecule has 0 aromatic rings. The van der Waals surface area contributed by atoms with Crippen LogP contribution in [0.25, 0.3) is 0 Å². The smallest absolute Gasteiger partial charge is 0.311 e. The van der Waals surface area contributed by atoms with Crippen molar-refractivity contribution in [3.05, 3.63) is 0 Å². The molecule has 0 heterocycles. The van der Waals surface area contributed by atoms with E-state index in [4.69, 9.17) is 0 Å². The Labute approximate surface area is 91.2 Å². The second-order valence-electron chi connectivity index (χ2n) is 5.13. The number of aliphatic carboxylic acids is 1. The highest BCUT2D eigenvalue weighted by atomic mass is 16.4. The van der Waals surface area contributed by atoms with Gasteiger partial charge in [-0.25, -0.2) is 0 Å². The molecule has 2 saturated carbocycles. The molecular weight excluding hydrogens is 190 g/mol. The topological polar surface area (TPSA) is 49.3 Å². The highest BCUT2D eigenvalue weighted by molar-refractivity contribution is 5.79. The molecule has 15 heavy (non-hydrogen) atoms. The van der Waals surface area contributed by atoms with Crippen LogP contribution in [-0.2, 0) is 4.79 Å². The van der Waals surface area contributed by atoms with Gasteiger partial charge in [0.05, 0.1) is 5.41 Å². The molecule has 2 N–H and O–H groups in total. The van der Waals surface area contributed by atoms with E-state index in [1.807, 2.05) is 7.05 Å². The average Bonchev–Trinajstić information content (AvgIpc) is 3.02. The lowest BCUT2D eigenvalue weighted by Gasteiger charge is -2.34. The summed E-state index contributed by atoms with van der Waals surface area (Å²) < 4.78 is 0. The summed E-state index contributed by atoms with van der Waals surface area (Å²) >= 11 is 0. The Hall–Kier alpha value is -0.570. The molecule has 3 heteroatoms. The first kappa shape index (κ1) is 10.9. The average molecular weight is 211 g/mol. The minimum Gasteiger partial charge on any atom is -0.481 e. The molecule has 0 aromatic carbocycles. The van der Waals surface area contributed by atoms with Gasteiger partial charge in [0.25, 0.3) is 0 Å². The lowest BCUT2D eigenvalue weighted by Crippen LogP contribution is -2.46. The van der Waals surface area contributed by atoms with Crippen LogP contribution in [-0.4, -0.2) is 24.2 Å². The number of nitrogens with one attached hydrogen (secondary N) is 1. The van der Waals surface area contributed by atoms with Gasteiger partial charge >= 0.3 is 5.97 Å². The predicted octanol–water partition coefficient (Wildman–Crippen LogP) is 2.02. The van der Waals surface area contributed by atoms with Crippen molar-refractivity contribution in [3.8, 4) is 0 Å². The molecule has 0 spiro atoms. The van der Waals surface area contributed by atoms with Crippen LogP contribution >= 0.6 is 0 Å². The van der Waals surface area contributed by atoms with Crippen LogP contribution in [0.4, 0.5) is 0 Å². The molecule has 3 nitrogen and oxygen atoms in total. The first-order chi connectivity index (χ1) is 7.20.